The molecule has 0 spiro atoms. The normalized spacial score (nSPS) is 10.1. The van der Waals surface area contributed by atoms with Crippen LogP contribution in [0.1, 0.15) is 19.3 Å². The van der Waals surface area contributed by atoms with Gasteiger partial charge in [-0.1, -0.05) is 15.9 Å². The van der Waals surface area contributed by atoms with Crippen molar-refractivity contribution in [1.82, 2.24) is 0 Å². The molecular formula is C17H16BrNO4. The summed E-state index contributed by atoms with van der Waals surface area (Å²) in [7, 11) is 0. The van der Waals surface area contributed by atoms with Gasteiger partial charge in [-0.3, -0.25) is 9.59 Å². The number of hydrogen-bond donors (Lipinski definition) is 2. The zero-order valence-electron chi connectivity index (χ0n) is 12.3. The second kappa shape index (κ2) is 8.33. The van der Waals surface area contributed by atoms with Crippen LogP contribution in [0.2, 0.25) is 0 Å². The van der Waals surface area contributed by atoms with Crippen molar-refractivity contribution in [2.45, 2.75) is 19.3 Å². The van der Waals surface area contributed by atoms with Gasteiger partial charge >= 0.3 is 5.97 Å². The highest BCUT2D eigenvalue weighted by Gasteiger charge is 2.05. The van der Waals surface area contributed by atoms with Crippen LogP contribution in [0.25, 0.3) is 0 Å². The van der Waals surface area contributed by atoms with Gasteiger partial charge in [0.2, 0.25) is 5.91 Å². The SMILES string of the molecule is O=C(O)CCCC(=O)Nc1ccc(Oc2ccc(Br)cc2)cc1. The molecule has 0 bridgehead atoms. The number of rotatable bonds is 7. The summed E-state index contributed by atoms with van der Waals surface area (Å²) in [5.41, 5.74) is 0.647. The summed E-state index contributed by atoms with van der Waals surface area (Å²) in [5.74, 6) is 0.287. The highest BCUT2D eigenvalue weighted by Crippen LogP contribution is 2.24. The molecule has 0 atom stereocenters. The van der Waals surface area contributed by atoms with Gasteiger partial charge in [-0.15, -0.1) is 0 Å². The second-order valence-electron chi connectivity index (χ2n) is 4.88. The number of anilines is 1. The van der Waals surface area contributed by atoms with E-state index >= 15 is 0 Å². The van der Waals surface area contributed by atoms with Crippen LogP contribution in [0.5, 0.6) is 11.5 Å². The van der Waals surface area contributed by atoms with Gasteiger partial charge in [-0.05, 0) is 55.0 Å². The zero-order chi connectivity index (χ0) is 16.7. The highest BCUT2D eigenvalue weighted by atomic mass is 79.9. The van der Waals surface area contributed by atoms with E-state index in [2.05, 4.69) is 21.2 Å². The Kier molecular flexibility index (Phi) is 6.17. The van der Waals surface area contributed by atoms with Gasteiger partial charge in [0.1, 0.15) is 11.5 Å². The van der Waals surface area contributed by atoms with Gasteiger partial charge < -0.3 is 15.2 Å². The van der Waals surface area contributed by atoms with Crippen molar-refractivity contribution in [2.24, 2.45) is 0 Å². The van der Waals surface area contributed by atoms with E-state index in [1.165, 1.54) is 0 Å². The molecular weight excluding hydrogens is 362 g/mol. The van der Waals surface area contributed by atoms with Crippen molar-refractivity contribution < 1.29 is 19.4 Å². The standard InChI is InChI=1S/C17H16BrNO4/c18-12-4-8-14(9-5-12)23-15-10-6-13(7-11-15)19-16(20)2-1-3-17(21)22/h4-11H,1-3H2,(H,19,20)(H,21,22). The van der Waals surface area contributed by atoms with Crippen molar-refractivity contribution in [3.8, 4) is 11.5 Å². The molecule has 0 aliphatic heterocycles. The fourth-order valence-corrected chi connectivity index (χ4v) is 2.13. The lowest BCUT2D eigenvalue weighted by molar-refractivity contribution is -0.137. The predicted octanol–water partition coefficient (Wildman–Crippen LogP) is 4.43. The number of nitrogens with one attached hydrogen (secondary N) is 1. The summed E-state index contributed by atoms with van der Waals surface area (Å²) in [4.78, 5) is 22.1. The van der Waals surface area contributed by atoms with Crippen LogP contribution in [-0.2, 0) is 9.59 Å². The van der Waals surface area contributed by atoms with Crippen LogP contribution < -0.4 is 10.1 Å². The molecule has 2 N–H and O–H groups in total. The number of ether oxygens (including phenoxy) is 1. The van der Waals surface area contributed by atoms with E-state index < -0.39 is 5.97 Å². The molecule has 2 rings (SSSR count). The van der Waals surface area contributed by atoms with Crippen molar-refractivity contribution in [3.05, 3.63) is 53.0 Å². The van der Waals surface area contributed by atoms with Gasteiger partial charge in [0.25, 0.3) is 0 Å². The van der Waals surface area contributed by atoms with Crippen molar-refractivity contribution in [3.63, 3.8) is 0 Å². The Morgan fingerprint density at radius 2 is 1.52 bits per heavy atom. The molecule has 0 aliphatic rings. The van der Waals surface area contributed by atoms with E-state index in [1.807, 2.05) is 24.3 Å². The molecule has 120 valence electrons. The average molecular weight is 378 g/mol. The Labute approximate surface area is 142 Å². The molecule has 0 fully saturated rings. The summed E-state index contributed by atoms with van der Waals surface area (Å²) < 4.78 is 6.66. The molecule has 23 heavy (non-hydrogen) atoms. The molecule has 0 unspecified atom stereocenters. The van der Waals surface area contributed by atoms with Gasteiger partial charge in [0.05, 0.1) is 0 Å². The maximum atomic E-state index is 11.7. The van der Waals surface area contributed by atoms with Gasteiger partial charge in [-0.25, -0.2) is 0 Å². The Morgan fingerprint density at radius 1 is 0.957 bits per heavy atom. The molecule has 2 aromatic carbocycles. The maximum Gasteiger partial charge on any atom is 0.303 e. The van der Waals surface area contributed by atoms with E-state index in [9.17, 15) is 9.59 Å². The molecule has 0 aromatic heterocycles. The van der Waals surface area contributed by atoms with Gasteiger partial charge in [0, 0.05) is 23.0 Å². The van der Waals surface area contributed by atoms with Crippen LogP contribution >= 0.6 is 15.9 Å². The molecule has 1 amide bonds. The van der Waals surface area contributed by atoms with Crippen LogP contribution in [0.3, 0.4) is 0 Å². The fraction of sp³-hybridized carbons (Fsp3) is 0.176. The number of carbonyl (C=O) groups is 2. The molecule has 6 heteroatoms. The topological polar surface area (TPSA) is 75.6 Å². The summed E-state index contributed by atoms with van der Waals surface area (Å²) in [5, 5.41) is 11.3. The lowest BCUT2D eigenvalue weighted by Gasteiger charge is -2.08. The van der Waals surface area contributed by atoms with Crippen LogP contribution in [-0.4, -0.2) is 17.0 Å². The van der Waals surface area contributed by atoms with Crippen LogP contribution in [0.4, 0.5) is 5.69 Å². The Bertz CT molecular complexity index is 668. The fourth-order valence-electron chi connectivity index (χ4n) is 1.87. The molecule has 5 nitrogen and oxygen atoms in total. The van der Waals surface area contributed by atoms with E-state index in [0.717, 1.165) is 10.2 Å². The number of halogens is 1. The van der Waals surface area contributed by atoms with Gasteiger partial charge in [-0.2, -0.15) is 0 Å². The molecule has 0 heterocycles. The second-order valence-corrected chi connectivity index (χ2v) is 5.79. The number of aliphatic carboxylic acids is 1. The number of carbonyl (C=O) groups excluding carboxylic acids is 1. The quantitative estimate of drug-likeness (QED) is 0.747. The van der Waals surface area contributed by atoms with E-state index in [0.29, 0.717) is 17.9 Å². The minimum atomic E-state index is -0.896. The van der Waals surface area contributed by atoms with E-state index in [1.54, 1.807) is 24.3 Å². The Morgan fingerprint density at radius 3 is 2.09 bits per heavy atom. The smallest absolute Gasteiger partial charge is 0.303 e. The van der Waals surface area contributed by atoms with Crippen molar-refractivity contribution in [2.75, 3.05) is 5.32 Å². The lowest BCUT2D eigenvalue weighted by Crippen LogP contribution is -2.11. The maximum absolute atomic E-state index is 11.7. The zero-order valence-corrected chi connectivity index (χ0v) is 13.9. The average Bonchev–Trinajstić information content (AvgIpc) is 2.51. The van der Waals surface area contributed by atoms with Gasteiger partial charge in [0.15, 0.2) is 0 Å². The summed E-state index contributed by atoms with van der Waals surface area (Å²) in [6.45, 7) is 0. The molecule has 0 saturated carbocycles. The Balaban J connectivity index is 1.85. The third kappa shape index (κ3) is 6.12. The lowest BCUT2D eigenvalue weighted by atomic mass is 10.2. The third-order valence-corrected chi connectivity index (χ3v) is 3.51. The third-order valence-electron chi connectivity index (χ3n) is 2.98. The predicted molar refractivity (Wildman–Crippen MR) is 90.8 cm³/mol. The van der Waals surface area contributed by atoms with Crippen molar-refractivity contribution >= 4 is 33.5 Å². The molecule has 0 saturated heterocycles. The van der Waals surface area contributed by atoms with E-state index in [4.69, 9.17) is 9.84 Å². The number of carboxylic acid groups (broad SMARTS) is 1. The molecule has 0 aliphatic carbocycles. The van der Waals surface area contributed by atoms with E-state index in [-0.39, 0.29) is 18.7 Å². The monoisotopic (exact) mass is 377 g/mol. The Hall–Kier alpha value is -2.34. The number of amides is 1. The first-order chi connectivity index (χ1) is 11.0. The number of carboxylic acids is 1. The van der Waals surface area contributed by atoms with Crippen molar-refractivity contribution in [1.29, 1.82) is 0 Å². The number of hydrogen-bond acceptors (Lipinski definition) is 3. The summed E-state index contributed by atoms with van der Waals surface area (Å²) >= 11 is 3.36. The highest BCUT2D eigenvalue weighted by molar-refractivity contribution is 9.10. The first-order valence-electron chi connectivity index (χ1n) is 7.08. The first-order valence-corrected chi connectivity index (χ1v) is 7.87. The number of benzene rings is 2. The summed E-state index contributed by atoms with van der Waals surface area (Å²) in [6.07, 6.45) is 0.503. The largest absolute Gasteiger partial charge is 0.481 e. The molecule has 0 radical (unpaired) electrons. The first kappa shape index (κ1) is 17.0. The minimum absolute atomic E-state index is 0.00656. The summed E-state index contributed by atoms with van der Waals surface area (Å²) in [6, 6.07) is 14.5. The molecule has 2 aromatic rings. The van der Waals surface area contributed by atoms with Crippen LogP contribution in [0.15, 0.2) is 53.0 Å². The van der Waals surface area contributed by atoms with Crippen LogP contribution in [0, 0.1) is 0 Å². The minimum Gasteiger partial charge on any atom is -0.481 e.